The molecule has 0 spiro atoms. The minimum Gasteiger partial charge on any atom is -0.313 e. The molecule has 24 heavy (non-hydrogen) atoms. The van der Waals surface area contributed by atoms with E-state index < -0.39 is 0 Å². The summed E-state index contributed by atoms with van der Waals surface area (Å²) in [5, 5.41) is 12.3. The van der Waals surface area contributed by atoms with Gasteiger partial charge in [-0.2, -0.15) is 0 Å². The second kappa shape index (κ2) is 6.57. The Bertz CT molecular complexity index is 774. The van der Waals surface area contributed by atoms with Crippen molar-refractivity contribution in [3.05, 3.63) is 60.2 Å². The van der Waals surface area contributed by atoms with Crippen LogP contribution in [-0.2, 0) is 25.9 Å². The second-order valence-corrected chi connectivity index (χ2v) is 6.25. The minimum absolute atomic E-state index is 0.479. The maximum Gasteiger partial charge on any atom is 0.133 e. The molecule has 0 aliphatic carbocycles. The molecule has 0 amide bonds. The maximum absolute atomic E-state index is 4.29. The summed E-state index contributed by atoms with van der Waals surface area (Å²) in [6.45, 7) is 3.99. The third-order valence-corrected chi connectivity index (χ3v) is 4.67. The van der Waals surface area contributed by atoms with Crippen LogP contribution in [0.2, 0.25) is 0 Å². The van der Waals surface area contributed by atoms with Crippen LogP contribution in [0.1, 0.15) is 30.6 Å². The van der Waals surface area contributed by atoms with E-state index in [2.05, 4.69) is 56.3 Å². The van der Waals surface area contributed by atoms with E-state index in [1.807, 2.05) is 17.1 Å². The Hall–Kier alpha value is -2.47. The zero-order chi connectivity index (χ0) is 16.4. The van der Waals surface area contributed by atoms with E-state index >= 15 is 0 Å². The summed E-state index contributed by atoms with van der Waals surface area (Å²) < 4.78 is 4.29. The lowest BCUT2D eigenvalue weighted by Gasteiger charge is -2.25. The van der Waals surface area contributed by atoms with Crippen molar-refractivity contribution >= 4 is 0 Å². The molecule has 0 saturated carbocycles. The molecule has 0 bridgehead atoms. The van der Waals surface area contributed by atoms with Crippen molar-refractivity contribution in [2.75, 3.05) is 0 Å². The Balaban J connectivity index is 1.37. The molecule has 0 saturated heterocycles. The van der Waals surface area contributed by atoms with Crippen LogP contribution in [0.25, 0.3) is 5.69 Å². The third-order valence-electron chi connectivity index (χ3n) is 4.67. The van der Waals surface area contributed by atoms with Crippen LogP contribution in [0.4, 0.5) is 0 Å². The van der Waals surface area contributed by atoms with Crippen molar-refractivity contribution in [1.82, 2.24) is 29.6 Å². The number of imidazole rings is 1. The molecule has 2 aromatic heterocycles. The number of fused-ring (bicyclic) bond motifs is 1. The number of nitrogens with zero attached hydrogens (tertiary/aromatic N) is 5. The largest absolute Gasteiger partial charge is 0.313 e. The highest BCUT2D eigenvalue weighted by molar-refractivity contribution is 5.34. The van der Waals surface area contributed by atoms with Gasteiger partial charge in [0, 0.05) is 50.1 Å². The van der Waals surface area contributed by atoms with Crippen LogP contribution in [-0.4, -0.2) is 30.4 Å². The van der Waals surface area contributed by atoms with Crippen LogP contribution >= 0.6 is 0 Å². The van der Waals surface area contributed by atoms with Gasteiger partial charge in [0.05, 0.1) is 6.33 Å². The van der Waals surface area contributed by atoms with Crippen molar-refractivity contribution in [1.29, 1.82) is 0 Å². The monoisotopic (exact) mass is 322 g/mol. The van der Waals surface area contributed by atoms with Crippen molar-refractivity contribution in [2.45, 2.75) is 45.3 Å². The van der Waals surface area contributed by atoms with Gasteiger partial charge < -0.3 is 14.5 Å². The zero-order valence-electron chi connectivity index (χ0n) is 13.9. The van der Waals surface area contributed by atoms with Crippen molar-refractivity contribution in [3.8, 4) is 5.69 Å². The SMILES string of the molecule is CCc1nnc2n1C[C@@H](NCc1ccc(-n3ccnc3)cc1)CC2. The van der Waals surface area contributed by atoms with Crippen LogP contribution in [0, 0.1) is 0 Å². The Morgan fingerprint density at radius 1 is 1.21 bits per heavy atom. The van der Waals surface area contributed by atoms with E-state index in [4.69, 9.17) is 0 Å². The predicted octanol–water partition coefficient (Wildman–Crippen LogP) is 2.13. The first-order chi connectivity index (χ1) is 11.8. The summed E-state index contributed by atoms with van der Waals surface area (Å²) in [6, 6.07) is 9.09. The molecule has 0 radical (unpaired) electrons. The van der Waals surface area contributed by atoms with Gasteiger partial charge in [0.1, 0.15) is 11.6 Å². The van der Waals surface area contributed by atoms with Gasteiger partial charge >= 0.3 is 0 Å². The van der Waals surface area contributed by atoms with Crippen LogP contribution < -0.4 is 5.32 Å². The summed E-state index contributed by atoms with van der Waals surface area (Å²) in [7, 11) is 0. The summed E-state index contributed by atoms with van der Waals surface area (Å²) in [4.78, 5) is 4.08. The molecule has 1 aromatic carbocycles. The molecule has 3 heterocycles. The highest BCUT2D eigenvalue weighted by Gasteiger charge is 2.21. The molecular formula is C18H22N6. The lowest BCUT2D eigenvalue weighted by atomic mass is 10.1. The quantitative estimate of drug-likeness (QED) is 0.782. The molecule has 124 valence electrons. The Morgan fingerprint density at radius 2 is 2.08 bits per heavy atom. The predicted molar refractivity (Wildman–Crippen MR) is 91.9 cm³/mol. The fraction of sp³-hybridized carbons (Fsp3) is 0.389. The van der Waals surface area contributed by atoms with Gasteiger partial charge in [-0.25, -0.2) is 4.98 Å². The molecule has 6 nitrogen and oxygen atoms in total. The Labute approximate surface area is 141 Å². The van der Waals surface area contributed by atoms with E-state index in [1.165, 1.54) is 5.56 Å². The molecule has 1 aliphatic heterocycles. The highest BCUT2D eigenvalue weighted by Crippen LogP contribution is 2.16. The Kier molecular flexibility index (Phi) is 4.13. The molecule has 1 atom stereocenters. The first-order valence-electron chi connectivity index (χ1n) is 8.55. The van der Waals surface area contributed by atoms with Gasteiger partial charge in [-0.15, -0.1) is 10.2 Å². The van der Waals surface area contributed by atoms with E-state index in [1.54, 1.807) is 6.20 Å². The summed E-state index contributed by atoms with van der Waals surface area (Å²) in [5.41, 5.74) is 2.43. The standard InChI is InChI=1S/C18H22N6/c1-2-17-21-22-18-8-5-15(12-24(17)18)20-11-14-3-6-16(7-4-14)23-10-9-19-13-23/h3-4,6-7,9-10,13,15,20H,2,5,8,11-12H2,1H3/t15-/m0/s1. The molecule has 3 aromatic rings. The summed E-state index contributed by atoms with van der Waals surface area (Å²) in [5.74, 6) is 2.23. The fourth-order valence-corrected chi connectivity index (χ4v) is 3.27. The maximum atomic E-state index is 4.29. The average molecular weight is 322 g/mol. The van der Waals surface area contributed by atoms with Crippen molar-refractivity contribution in [2.24, 2.45) is 0 Å². The molecule has 4 rings (SSSR count). The van der Waals surface area contributed by atoms with E-state index in [0.29, 0.717) is 6.04 Å². The summed E-state index contributed by atoms with van der Waals surface area (Å²) >= 11 is 0. The molecule has 1 aliphatic rings. The smallest absolute Gasteiger partial charge is 0.133 e. The lowest BCUT2D eigenvalue weighted by molar-refractivity contribution is 0.373. The van der Waals surface area contributed by atoms with Crippen molar-refractivity contribution < 1.29 is 0 Å². The zero-order valence-corrected chi connectivity index (χ0v) is 13.9. The number of hydrogen-bond donors (Lipinski definition) is 1. The number of rotatable bonds is 5. The molecular weight excluding hydrogens is 300 g/mol. The molecule has 6 heteroatoms. The van der Waals surface area contributed by atoms with Gasteiger partial charge in [-0.3, -0.25) is 0 Å². The summed E-state index contributed by atoms with van der Waals surface area (Å²) in [6.07, 6.45) is 8.63. The van der Waals surface area contributed by atoms with E-state index in [0.717, 1.165) is 49.7 Å². The number of aryl methyl sites for hydroxylation is 2. The molecule has 1 N–H and O–H groups in total. The van der Waals surface area contributed by atoms with Crippen LogP contribution in [0.15, 0.2) is 43.0 Å². The van der Waals surface area contributed by atoms with Gasteiger partial charge in [0.25, 0.3) is 0 Å². The normalized spacial score (nSPS) is 17.0. The van der Waals surface area contributed by atoms with Crippen LogP contribution in [0.3, 0.4) is 0 Å². The molecule has 0 unspecified atom stereocenters. The Morgan fingerprint density at radius 3 is 2.83 bits per heavy atom. The second-order valence-electron chi connectivity index (χ2n) is 6.25. The van der Waals surface area contributed by atoms with Crippen molar-refractivity contribution in [3.63, 3.8) is 0 Å². The number of benzene rings is 1. The average Bonchev–Trinajstić information content (AvgIpc) is 3.29. The van der Waals surface area contributed by atoms with Crippen LogP contribution in [0.5, 0.6) is 0 Å². The van der Waals surface area contributed by atoms with Gasteiger partial charge in [-0.1, -0.05) is 19.1 Å². The van der Waals surface area contributed by atoms with E-state index in [9.17, 15) is 0 Å². The van der Waals surface area contributed by atoms with Gasteiger partial charge in [0.15, 0.2) is 0 Å². The number of nitrogens with one attached hydrogen (secondary N) is 1. The topological polar surface area (TPSA) is 60.6 Å². The fourth-order valence-electron chi connectivity index (χ4n) is 3.27. The van der Waals surface area contributed by atoms with E-state index in [-0.39, 0.29) is 0 Å². The minimum atomic E-state index is 0.479. The first kappa shape index (κ1) is 15.1. The first-order valence-corrected chi connectivity index (χ1v) is 8.55. The van der Waals surface area contributed by atoms with Gasteiger partial charge in [0.2, 0.25) is 0 Å². The number of aromatic nitrogens is 5. The number of hydrogen-bond acceptors (Lipinski definition) is 4. The highest BCUT2D eigenvalue weighted by atomic mass is 15.3. The molecule has 0 fully saturated rings. The lowest BCUT2D eigenvalue weighted by Crippen LogP contribution is -2.37. The third kappa shape index (κ3) is 2.97. The van der Waals surface area contributed by atoms with Gasteiger partial charge in [-0.05, 0) is 24.1 Å².